The van der Waals surface area contributed by atoms with E-state index >= 15 is 0 Å². The second-order valence-electron chi connectivity index (χ2n) is 8.76. The molecular weight excluding hydrogens is 490 g/mol. The smallest absolute Gasteiger partial charge is 0.244 e. The van der Waals surface area contributed by atoms with Gasteiger partial charge < -0.3 is 15.0 Å². The van der Waals surface area contributed by atoms with Crippen molar-refractivity contribution in [3.63, 3.8) is 0 Å². The Balaban J connectivity index is 1.88. The van der Waals surface area contributed by atoms with Crippen molar-refractivity contribution in [1.29, 1.82) is 0 Å². The Morgan fingerprint density at radius 3 is 2.31 bits per heavy atom. The number of methoxy groups -OCH3 is 1. The van der Waals surface area contributed by atoms with Crippen LogP contribution in [0.25, 0.3) is 0 Å². The molecule has 1 N–H and O–H groups in total. The zero-order valence-electron chi connectivity index (χ0n) is 20.2. The summed E-state index contributed by atoms with van der Waals surface area (Å²) in [4.78, 5) is 28.0. The average Bonchev–Trinajstić information content (AvgIpc) is 3.33. The first-order chi connectivity index (χ1) is 16.6. The molecule has 8 nitrogen and oxygen atoms in total. The number of carbonyl (C=O) groups is 2. The van der Waals surface area contributed by atoms with E-state index in [4.69, 9.17) is 16.3 Å². The molecule has 0 aromatic heterocycles. The summed E-state index contributed by atoms with van der Waals surface area (Å²) in [5.41, 5.74) is 0.987. The summed E-state index contributed by atoms with van der Waals surface area (Å²) in [5, 5.41) is 3.24. The van der Waals surface area contributed by atoms with Crippen molar-refractivity contribution in [3.8, 4) is 5.75 Å². The second-order valence-corrected chi connectivity index (χ2v) is 11.1. The third kappa shape index (κ3) is 7.11. The van der Waals surface area contributed by atoms with Crippen LogP contribution < -0.4 is 14.4 Å². The van der Waals surface area contributed by atoms with Gasteiger partial charge in [0.2, 0.25) is 21.8 Å². The first-order valence-electron chi connectivity index (χ1n) is 11.5. The van der Waals surface area contributed by atoms with E-state index in [9.17, 15) is 18.0 Å². The number of halogens is 1. The van der Waals surface area contributed by atoms with E-state index in [1.807, 2.05) is 12.1 Å². The van der Waals surface area contributed by atoms with Gasteiger partial charge in [0.1, 0.15) is 18.3 Å². The molecule has 3 rings (SSSR count). The fourth-order valence-corrected chi connectivity index (χ4v) is 5.30. The topological polar surface area (TPSA) is 96.0 Å². The van der Waals surface area contributed by atoms with Gasteiger partial charge >= 0.3 is 0 Å². The van der Waals surface area contributed by atoms with Gasteiger partial charge in [0, 0.05) is 12.6 Å². The largest absolute Gasteiger partial charge is 0.497 e. The number of rotatable bonds is 10. The van der Waals surface area contributed by atoms with Gasteiger partial charge in [-0.15, -0.1) is 0 Å². The standard InChI is InChI=1S/C25H32ClN3O5S/c1-18(25(31)27-20-8-4-5-9-20)28(16-19-12-14-21(34-2)15-13-19)24(30)17-29(35(3,32)33)23-11-7-6-10-22(23)26/h6-7,10-15,18,20H,4-5,8-9,16-17H2,1-3H3,(H,27,31)/t18-/m1/s1. The summed E-state index contributed by atoms with van der Waals surface area (Å²) in [6.07, 6.45) is 4.98. The van der Waals surface area contributed by atoms with E-state index in [-0.39, 0.29) is 29.2 Å². The van der Waals surface area contributed by atoms with Crippen molar-refractivity contribution in [2.45, 2.75) is 51.2 Å². The average molecular weight is 522 g/mol. The molecule has 35 heavy (non-hydrogen) atoms. The number of nitrogens with zero attached hydrogens (tertiary/aromatic N) is 2. The first kappa shape index (κ1) is 26.8. The lowest BCUT2D eigenvalue weighted by atomic mass is 10.1. The molecule has 0 radical (unpaired) electrons. The molecule has 0 spiro atoms. The van der Waals surface area contributed by atoms with Gasteiger partial charge in [-0.2, -0.15) is 0 Å². The van der Waals surface area contributed by atoms with E-state index in [2.05, 4.69) is 5.32 Å². The number of benzene rings is 2. The number of ether oxygens (including phenoxy) is 1. The van der Waals surface area contributed by atoms with Crippen LogP contribution in [-0.2, 0) is 26.2 Å². The lowest BCUT2D eigenvalue weighted by Gasteiger charge is -2.32. The van der Waals surface area contributed by atoms with Gasteiger partial charge in [0.15, 0.2) is 0 Å². The van der Waals surface area contributed by atoms with Crippen molar-refractivity contribution < 1.29 is 22.7 Å². The van der Waals surface area contributed by atoms with Crippen LogP contribution in [0.2, 0.25) is 5.02 Å². The molecule has 1 fully saturated rings. The molecule has 1 saturated carbocycles. The number of sulfonamides is 1. The minimum atomic E-state index is -3.83. The van der Waals surface area contributed by atoms with Crippen LogP contribution in [0, 0.1) is 0 Å². The van der Waals surface area contributed by atoms with Crippen LogP contribution in [0.15, 0.2) is 48.5 Å². The maximum Gasteiger partial charge on any atom is 0.244 e. The predicted octanol–water partition coefficient (Wildman–Crippen LogP) is 3.59. The molecule has 10 heteroatoms. The Kier molecular flexibility index (Phi) is 9.02. The SMILES string of the molecule is COc1ccc(CN(C(=O)CN(c2ccccc2Cl)S(C)(=O)=O)[C@H](C)C(=O)NC2CCCC2)cc1. The third-order valence-electron chi connectivity index (χ3n) is 6.18. The Bertz CT molecular complexity index is 1130. The maximum absolute atomic E-state index is 13.6. The highest BCUT2D eigenvalue weighted by Crippen LogP contribution is 2.27. The highest BCUT2D eigenvalue weighted by atomic mass is 35.5. The highest BCUT2D eigenvalue weighted by molar-refractivity contribution is 7.92. The van der Waals surface area contributed by atoms with E-state index in [1.165, 1.54) is 4.90 Å². The van der Waals surface area contributed by atoms with E-state index in [1.54, 1.807) is 50.4 Å². The quantitative estimate of drug-likeness (QED) is 0.515. The molecule has 0 aliphatic heterocycles. The van der Waals surface area contributed by atoms with Gasteiger partial charge in [0.25, 0.3) is 0 Å². The number of hydrogen-bond acceptors (Lipinski definition) is 5. The zero-order valence-corrected chi connectivity index (χ0v) is 21.8. The van der Waals surface area contributed by atoms with Gasteiger partial charge in [-0.3, -0.25) is 13.9 Å². The molecule has 1 aliphatic carbocycles. The Hall–Kier alpha value is -2.78. The maximum atomic E-state index is 13.6. The normalized spacial score (nSPS) is 14.9. The van der Waals surface area contributed by atoms with Crippen LogP contribution in [-0.4, -0.2) is 57.1 Å². The summed E-state index contributed by atoms with van der Waals surface area (Å²) < 4.78 is 31.4. The molecule has 1 atom stereocenters. The lowest BCUT2D eigenvalue weighted by molar-refractivity contribution is -0.139. The number of para-hydroxylation sites is 1. The summed E-state index contributed by atoms with van der Waals surface area (Å²) in [7, 11) is -2.27. The van der Waals surface area contributed by atoms with Crippen LogP contribution in [0.3, 0.4) is 0 Å². The van der Waals surface area contributed by atoms with Crippen molar-refractivity contribution in [3.05, 3.63) is 59.1 Å². The summed E-state index contributed by atoms with van der Waals surface area (Å²) in [5.74, 6) is -0.108. The van der Waals surface area contributed by atoms with Crippen LogP contribution in [0.5, 0.6) is 5.75 Å². The molecule has 0 bridgehead atoms. The second kappa shape index (κ2) is 11.8. The molecule has 0 saturated heterocycles. The van der Waals surface area contributed by atoms with Crippen molar-refractivity contribution in [2.75, 3.05) is 24.2 Å². The van der Waals surface area contributed by atoms with Crippen molar-refractivity contribution in [2.24, 2.45) is 0 Å². The number of anilines is 1. The van der Waals surface area contributed by atoms with E-state index in [0.717, 1.165) is 41.8 Å². The molecule has 0 unspecified atom stereocenters. The minimum absolute atomic E-state index is 0.0959. The van der Waals surface area contributed by atoms with Crippen LogP contribution >= 0.6 is 11.6 Å². The molecule has 190 valence electrons. The molecule has 2 aromatic rings. The number of nitrogens with one attached hydrogen (secondary N) is 1. The molecule has 1 aliphatic rings. The van der Waals surface area contributed by atoms with Gasteiger partial charge in [-0.05, 0) is 49.6 Å². The van der Waals surface area contributed by atoms with Crippen molar-refractivity contribution in [1.82, 2.24) is 10.2 Å². The van der Waals surface area contributed by atoms with Gasteiger partial charge in [0.05, 0.1) is 24.1 Å². The number of carbonyl (C=O) groups excluding carboxylic acids is 2. The number of hydrogen-bond donors (Lipinski definition) is 1. The summed E-state index contributed by atoms with van der Waals surface area (Å²) in [6.45, 7) is 1.30. The Morgan fingerprint density at radius 2 is 1.74 bits per heavy atom. The minimum Gasteiger partial charge on any atom is -0.497 e. The van der Waals surface area contributed by atoms with E-state index in [0.29, 0.717) is 5.75 Å². The van der Waals surface area contributed by atoms with E-state index < -0.39 is 28.5 Å². The molecule has 2 aromatic carbocycles. The summed E-state index contributed by atoms with van der Waals surface area (Å²) in [6, 6.07) is 12.9. The lowest BCUT2D eigenvalue weighted by Crippen LogP contribution is -2.52. The Morgan fingerprint density at radius 1 is 1.11 bits per heavy atom. The van der Waals surface area contributed by atoms with Gasteiger partial charge in [-0.25, -0.2) is 8.42 Å². The predicted molar refractivity (Wildman–Crippen MR) is 137 cm³/mol. The zero-order chi connectivity index (χ0) is 25.6. The van der Waals surface area contributed by atoms with Crippen molar-refractivity contribution >= 4 is 39.1 Å². The molecule has 2 amide bonds. The van der Waals surface area contributed by atoms with Crippen LogP contribution in [0.1, 0.15) is 38.2 Å². The fraction of sp³-hybridized carbons (Fsp3) is 0.440. The number of amides is 2. The Labute approximate surface area is 212 Å². The third-order valence-corrected chi connectivity index (χ3v) is 7.63. The van der Waals surface area contributed by atoms with Crippen LogP contribution in [0.4, 0.5) is 5.69 Å². The van der Waals surface area contributed by atoms with Gasteiger partial charge in [-0.1, -0.05) is 48.7 Å². The highest BCUT2D eigenvalue weighted by Gasteiger charge is 2.31. The fourth-order valence-electron chi connectivity index (χ4n) is 4.15. The summed E-state index contributed by atoms with van der Waals surface area (Å²) >= 11 is 6.25. The molecule has 0 heterocycles. The first-order valence-corrected chi connectivity index (χ1v) is 13.8. The monoisotopic (exact) mass is 521 g/mol. The molecular formula is C25H32ClN3O5S.